The predicted octanol–water partition coefficient (Wildman–Crippen LogP) is 2.11. The van der Waals surface area contributed by atoms with Crippen LogP contribution in [0.5, 0.6) is 0 Å². The molecular weight excluding hydrogens is 162 g/mol. The third-order valence-electron chi connectivity index (χ3n) is 2.39. The van der Waals surface area contributed by atoms with Crippen LogP contribution in [0.2, 0.25) is 0 Å². The number of allylic oxidation sites excluding steroid dienone is 1. The lowest BCUT2D eigenvalue weighted by Gasteiger charge is -2.15. The number of hydrogen-bond acceptors (Lipinski definition) is 2. The first-order chi connectivity index (χ1) is 6.43. The van der Waals surface area contributed by atoms with Gasteiger partial charge in [-0.1, -0.05) is 25.0 Å². The van der Waals surface area contributed by atoms with Gasteiger partial charge in [0.2, 0.25) is 0 Å². The van der Waals surface area contributed by atoms with Crippen LogP contribution in [0.1, 0.15) is 32.1 Å². The molecule has 76 valence electrons. The Bertz CT molecular complexity index is 145. The first-order valence-corrected chi connectivity index (χ1v) is 5.36. The average Bonchev–Trinajstić information content (AvgIpc) is 2.08. The first kappa shape index (κ1) is 10.7. The number of likely N-dealkylation sites (N-methyl/N-ethyl adjacent to an activating group) is 1. The highest BCUT2D eigenvalue weighted by molar-refractivity contribution is 4.91. The zero-order valence-electron chi connectivity index (χ0n) is 8.59. The van der Waals surface area contributed by atoms with E-state index in [0.29, 0.717) is 6.10 Å². The maximum Gasteiger partial charge on any atom is 0.0756 e. The molecule has 1 aliphatic carbocycles. The van der Waals surface area contributed by atoms with Crippen LogP contribution in [0.15, 0.2) is 12.2 Å². The van der Waals surface area contributed by atoms with Crippen molar-refractivity contribution < 1.29 is 4.74 Å². The lowest BCUT2D eigenvalue weighted by Crippen LogP contribution is -2.19. The van der Waals surface area contributed by atoms with Gasteiger partial charge in [-0.05, 0) is 26.3 Å². The van der Waals surface area contributed by atoms with Crippen molar-refractivity contribution in [3.05, 3.63) is 12.2 Å². The quantitative estimate of drug-likeness (QED) is 0.532. The van der Waals surface area contributed by atoms with Gasteiger partial charge in [0.15, 0.2) is 0 Å². The second-order valence-electron chi connectivity index (χ2n) is 3.58. The Morgan fingerprint density at radius 1 is 1.38 bits per heavy atom. The van der Waals surface area contributed by atoms with Crippen molar-refractivity contribution in [3.63, 3.8) is 0 Å². The van der Waals surface area contributed by atoms with Crippen molar-refractivity contribution in [3.8, 4) is 0 Å². The fourth-order valence-electron chi connectivity index (χ4n) is 1.58. The van der Waals surface area contributed by atoms with Crippen molar-refractivity contribution >= 4 is 0 Å². The van der Waals surface area contributed by atoms with Crippen LogP contribution < -0.4 is 5.32 Å². The van der Waals surface area contributed by atoms with Gasteiger partial charge in [-0.15, -0.1) is 0 Å². The monoisotopic (exact) mass is 183 g/mol. The minimum atomic E-state index is 0.369. The first-order valence-electron chi connectivity index (χ1n) is 5.36. The Balaban J connectivity index is 2.17. The molecule has 0 aromatic carbocycles. The molecule has 1 N–H and O–H groups in total. The fourth-order valence-corrected chi connectivity index (χ4v) is 1.58. The van der Waals surface area contributed by atoms with E-state index in [-0.39, 0.29) is 0 Å². The molecule has 0 saturated carbocycles. The van der Waals surface area contributed by atoms with E-state index in [2.05, 4.69) is 17.5 Å². The summed E-state index contributed by atoms with van der Waals surface area (Å²) in [5, 5.41) is 3.09. The smallest absolute Gasteiger partial charge is 0.0756 e. The van der Waals surface area contributed by atoms with E-state index in [1.807, 2.05) is 7.05 Å². The van der Waals surface area contributed by atoms with Gasteiger partial charge >= 0.3 is 0 Å². The lowest BCUT2D eigenvalue weighted by molar-refractivity contribution is 0.0795. The summed E-state index contributed by atoms with van der Waals surface area (Å²) >= 11 is 0. The normalized spacial score (nSPS) is 26.4. The predicted molar refractivity (Wildman–Crippen MR) is 55.9 cm³/mol. The van der Waals surface area contributed by atoms with E-state index >= 15 is 0 Å². The lowest BCUT2D eigenvalue weighted by atomic mass is 10.0. The Morgan fingerprint density at radius 3 is 3.15 bits per heavy atom. The van der Waals surface area contributed by atoms with Gasteiger partial charge in [-0.3, -0.25) is 0 Å². The molecule has 0 saturated heterocycles. The molecule has 0 radical (unpaired) electrons. The van der Waals surface area contributed by atoms with Crippen molar-refractivity contribution in [1.82, 2.24) is 5.32 Å². The number of ether oxygens (including phenoxy) is 1. The van der Waals surface area contributed by atoms with Crippen molar-refractivity contribution in [2.24, 2.45) is 0 Å². The largest absolute Gasteiger partial charge is 0.373 e. The summed E-state index contributed by atoms with van der Waals surface area (Å²) in [6, 6.07) is 0. The third-order valence-corrected chi connectivity index (χ3v) is 2.39. The maximum absolute atomic E-state index is 5.71. The standard InChI is InChI=1S/C11H21NO/c1-12-9-10-13-11-7-5-3-2-4-6-8-11/h5,7,11-12H,2-4,6,8-10H2,1H3/b7-5-. The summed E-state index contributed by atoms with van der Waals surface area (Å²) in [5.74, 6) is 0. The van der Waals surface area contributed by atoms with Crippen LogP contribution in [0.3, 0.4) is 0 Å². The molecule has 0 amide bonds. The Hall–Kier alpha value is -0.340. The van der Waals surface area contributed by atoms with Crippen LogP contribution >= 0.6 is 0 Å². The molecule has 0 fully saturated rings. The van der Waals surface area contributed by atoms with Gasteiger partial charge in [-0.2, -0.15) is 0 Å². The van der Waals surface area contributed by atoms with Gasteiger partial charge < -0.3 is 10.1 Å². The Labute approximate surface area is 81.4 Å². The minimum Gasteiger partial charge on any atom is -0.373 e. The van der Waals surface area contributed by atoms with Crippen LogP contribution in [0, 0.1) is 0 Å². The molecule has 2 nitrogen and oxygen atoms in total. The van der Waals surface area contributed by atoms with E-state index in [4.69, 9.17) is 4.74 Å². The zero-order chi connectivity index (χ0) is 9.36. The molecule has 1 atom stereocenters. The molecule has 0 aliphatic heterocycles. The molecule has 1 unspecified atom stereocenters. The molecule has 2 heteroatoms. The van der Waals surface area contributed by atoms with Gasteiger partial charge in [0.25, 0.3) is 0 Å². The summed E-state index contributed by atoms with van der Waals surface area (Å²) in [4.78, 5) is 0. The molecule has 0 aromatic rings. The highest BCUT2D eigenvalue weighted by atomic mass is 16.5. The number of hydrogen-bond donors (Lipinski definition) is 1. The third kappa shape index (κ3) is 5.06. The molecule has 0 spiro atoms. The molecule has 0 heterocycles. The summed E-state index contributed by atoms with van der Waals surface area (Å²) in [7, 11) is 1.96. The molecule has 13 heavy (non-hydrogen) atoms. The van der Waals surface area contributed by atoms with Gasteiger partial charge in [0, 0.05) is 6.54 Å². The Kier molecular flexibility index (Phi) is 5.87. The molecule has 0 bridgehead atoms. The molecule has 0 aromatic heterocycles. The highest BCUT2D eigenvalue weighted by Gasteiger charge is 2.05. The van der Waals surface area contributed by atoms with E-state index in [1.165, 1.54) is 32.1 Å². The van der Waals surface area contributed by atoms with E-state index in [9.17, 15) is 0 Å². The van der Waals surface area contributed by atoms with Crippen LogP contribution in [-0.4, -0.2) is 26.3 Å². The van der Waals surface area contributed by atoms with Crippen LogP contribution in [0.4, 0.5) is 0 Å². The minimum absolute atomic E-state index is 0.369. The van der Waals surface area contributed by atoms with Crippen LogP contribution in [0.25, 0.3) is 0 Å². The SMILES string of the molecule is CNCCOC1/C=C\CCCCC1. The maximum atomic E-state index is 5.71. The van der Waals surface area contributed by atoms with E-state index in [1.54, 1.807) is 0 Å². The van der Waals surface area contributed by atoms with Crippen LogP contribution in [-0.2, 0) is 4.74 Å². The number of nitrogens with one attached hydrogen (secondary N) is 1. The fraction of sp³-hybridized carbons (Fsp3) is 0.818. The summed E-state index contributed by atoms with van der Waals surface area (Å²) in [5.41, 5.74) is 0. The highest BCUT2D eigenvalue weighted by Crippen LogP contribution is 2.13. The molecular formula is C11H21NO. The molecule has 1 aliphatic rings. The van der Waals surface area contributed by atoms with Gasteiger partial charge in [0.05, 0.1) is 12.7 Å². The summed E-state index contributed by atoms with van der Waals surface area (Å²) < 4.78 is 5.71. The van der Waals surface area contributed by atoms with E-state index < -0.39 is 0 Å². The topological polar surface area (TPSA) is 21.3 Å². The second kappa shape index (κ2) is 7.10. The van der Waals surface area contributed by atoms with Crippen molar-refractivity contribution in [2.45, 2.75) is 38.2 Å². The Morgan fingerprint density at radius 2 is 2.31 bits per heavy atom. The summed E-state index contributed by atoms with van der Waals surface area (Å²) in [6.45, 7) is 1.77. The average molecular weight is 183 g/mol. The van der Waals surface area contributed by atoms with Crippen molar-refractivity contribution in [2.75, 3.05) is 20.2 Å². The second-order valence-corrected chi connectivity index (χ2v) is 3.58. The van der Waals surface area contributed by atoms with Gasteiger partial charge in [-0.25, -0.2) is 0 Å². The summed E-state index contributed by atoms with van der Waals surface area (Å²) in [6.07, 6.45) is 11.3. The van der Waals surface area contributed by atoms with Gasteiger partial charge in [0.1, 0.15) is 0 Å². The molecule has 1 rings (SSSR count). The van der Waals surface area contributed by atoms with Crippen molar-refractivity contribution in [1.29, 1.82) is 0 Å². The zero-order valence-corrected chi connectivity index (χ0v) is 8.59. The van der Waals surface area contributed by atoms with E-state index in [0.717, 1.165) is 13.2 Å². The number of rotatable bonds is 4.